The van der Waals surface area contributed by atoms with E-state index in [4.69, 9.17) is 4.74 Å². The molecule has 1 amide bonds. The molecule has 0 aliphatic rings. The summed E-state index contributed by atoms with van der Waals surface area (Å²) in [7, 11) is 0. The number of hydrogen-bond donors (Lipinski definition) is 1. The van der Waals surface area contributed by atoms with Gasteiger partial charge in [0.15, 0.2) is 0 Å². The van der Waals surface area contributed by atoms with Gasteiger partial charge in [0.2, 0.25) is 5.91 Å². The highest BCUT2D eigenvalue weighted by molar-refractivity contribution is 5.88. The van der Waals surface area contributed by atoms with E-state index in [0.717, 1.165) is 27.6 Å². The van der Waals surface area contributed by atoms with Crippen LogP contribution in [0.2, 0.25) is 0 Å². The van der Waals surface area contributed by atoms with E-state index in [1.54, 1.807) is 0 Å². The standard InChI is InChI=1S/C23H21NO2/c1-18-8-6-9-19(16-18)17-23(25)24-14-4-5-15-26-22-13-7-11-20-10-2-3-12-21(20)22/h2-3,6-13,16H,14-15,17H2,1H3,(H,24,25). The largest absolute Gasteiger partial charge is 0.480 e. The van der Waals surface area contributed by atoms with Crippen LogP contribution in [0.1, 0.15) is 11.1 Å². The normalized spacial score (nSPS) is 10.0. The Morgan fingerprint density at radius 2 is 1.81 bits per heavy atom. The van der Waals surface area contributed by atoms with Crippen molar-refractivity contribution in [1.82, 2.24) is 5.32 Å². The van der Waals surface area contributed by atoms with Crippen molar-refractivity contribution in [2.45, 2.75) is 13.3 Å². The third kappa shape index (κ3) is 4.87. The van der Waals surface area contributed by atoms with Crippen LogP contribution in [0.5, 0.6) is 5.75 Å². The fourth-order valence-electron chi connectivity index (χ4n) is 2.76. The number of rotatable bonds is 5. The van der Waals surface area contributed by atoms with E-state index in [-0.39, 0.29) is 5.91 Å². The molecule has 0 unspecified atom stereocenters. The van der Waals surface area contributed by atoms with Gasteiger partial charge >= 0.3 is 0 Å². The molecule has 0 bridgehead atoms. The zero-order valence-corrected chi connectivity index (χ0v) is 14.8. The van der Waals surface area contributed by atoms with Gasteiger partial charge in [-0.15, -0.1) is 0 Å². The molecule has 0 saturated carbocycles. The summed E-state index contributed by atoms with van der Waals surface area (Å²) in [6.07, 6.45) is 0.371. The number of carbonyl (C=O) groups is 1. The molecule has 3 aromatic carbocycles. The average Bonchev–Trinajstić information content (AvgIpc) is 2.64. The summed E-state index contributed by atoms with van der Waals surface area (Å²) in [6, 6.07) is 22.0. The van der Waals surface area contributed by atoms with Crippen LogP contribution in [0.4, 0.5) is 0 Å². The fourth-order valence-corrected chi connectivity index (χ4v) is 2.76. The Kier molecular flexibility index (Phi) is 5.90. The summed E-state index contributed by atoms with van der Waals surface area (Å²) >= 11 is 0. The maximum Gasteiger partial charge on any atom is 0.225 e. The first-order valence-electron chi connectivity index (χ1n) is 8.61. The quantitative estimate of drug-likeness (QED) is 0.714. The molecule has 26 heavy (non-hydrogen) atoms. The minimum Gasteiger partial charge on any atom is -0.480 e. The van der Waals surface area contributed by atoms with E-state index in [0.29, 0.717) is 19.6 Å². The maximum absolute atomic E-state index is 11.9. The fraction of sp³-hybridized carbons (Fsp3) is 0.174. The molecule has 3 aromatic rings. The summed E-state index contributed by atoms with van der Waals surface area (Å²) in [6.45, 7) is 2.63. The van der Waals surface area contributed by atoms with Crippen LogP contribution >= 0.6 is 0 Å². The highest BCUT2D eigenvalue weighted by Gasteiger charge is 2.02. The predicted molar refractivity (Wildman–Crippen MR) is 105 cm³/mol. The molecular weight excluding hydrogens is 322 g/mol. The Hall–Kier alpha value is -3.25. The summed E-state index contributed by atoms with van der Waals surface area (Å²) in [5.41, 5.74) is 2.16. The highest BCUT2D eigenvalue weighted by atomic mass is 16.5. The first-order valence-corrected chi connectivity index (χ1v) is 8.61. The molecule has 3 rings (SSSR count). The van der Waals surface area contributed by atoms with Gasteiger partial charge in [-0.05, 0) is 23.9 Å². The van der Waals surface area contributed by atoms with E-state index in [9.17, 15) is 4.79 Å². The lowest BCUT2D eigenvalue weighted by Gasteiger charge is -2.06. The third-order valence-corrected chi connectivity index (χ3v) is 4.00. The van der Waals surface area contributed by atoms with Crippen molar-refractivity contribution in [1.29, 1.82) is 0 Å². The van der Waals surface area contributed by atoms with Crippen molar-refractivity contribution < 1.29 is 9.53 Å². The number of benzene rings is 3. The summed E-state index contributed by atoms with van der Waals surface area (Å²) in [5, 5.41) is 5.02. The van der Waals surface area contributed by atoms with Gasteiger partial charge in [-0.25, -0.2) is 0 Å². The Bertz CT molecular complexity index is 961. The smallest absolute Gasteiger partial charge is 0.225 e. The molecule has 0 radical (unpaired) electrons. The van der Waals surface area contributed by atoms with Gasteiger partial charge in [0.1, 0.15) is 12.4 Å². The second-order valence-corrected chi connectivity index (χ2v) is 6.06. The molecule has 0 aliphatic heterocycles. The monoisotopic (exact) mass is 343 g/mol. The lowest BCUT2D eigenvalue weighted by atomic mass is 10.1. The molecule has 1 N–H and O–H groups in total. The van der Waals surface area contributed by atoms with Crippen molar-refractivity contribution in [2.24, 2.45) is 0 Å². The van der Waals surface area contributed by atoms with Crippen LogP contribution in [-0.2, 0) is 11.2 Å². The van der Waals surface area contributed by atoms with Crippen molar-refractivity contribution in [3.63, 3.8) is 0 Å². The van der Waals surface area contributed by atoms with Gasteiger partial charge in [-0.3, -0.25) is 4.79 Å². The lowest BCUT2D eigenvalue weighted by Crippen LogP contribution is -2.25. The zero-order valence-electron chi connectivity index (χ0n) is 14.8. The first-order chi connectivity index (χ1) is 12.7. The van der Waals surface area contributed by atoms with E-state index >= 15 is 0 Å². The number of nitrogens with one attached hydrogen (secondary N) is 1. The number of amides is 1. The van der Waals surface area contributed by atoms with Crippen molar-refractivity contribution in [2.75, 3.05) is 13.2 Å². The van der Waals surface area contributed by atoms with Crippen molar-refractivity contribution in [3.05, 3.63) is 77.9 Å². The van der Waals surface area contributed by atoms with E-state index in [1.807, 2.05) is 61.5 Å². The number of carbonyl (C=O) groups excluding carboxylic acids is 1. The van der Waals surface area contributed by atoms with Crippen LogP contribution in [0.3, 0.4) is 0 Å². The molecule has 3 heteroatoms. The lowest BCUT2D eigenvalue weighted by molar-refractivity contribution is -0.120. The molecule has 3 nitrogen and oxygen atoms in total. The van der Waals surface area contributed by atoms with Crippen molar-refractivity contribution in [3.8, 4) is 17.6 Å². The van der Waals surface area contributed by atoms with Crippen LogP contribution in [-0.4, -0.2) is 19.1 Å². The van der Waals surface area contributed by atoms with E-state index < -0.39 is 0 Å². The molecule has 130 valence electrons. The predicted octanol–water partition coefficient (Wildman–Crippen LogP) is 3.89. The highest BCUT2D eigenvalue weighted by Crippen LogP contribution is 2.24. The molecule has 0 heterocycles. The molecule has 0 aliphatic carbocycles. The van der Waals surface area contributed by atoms with Crippen LogP contribution < -0.4 is 10.1 Å². The van der Waals surface area contributed by atoms with E-state index in [2.05, 4.69) is 29.3 Å². The minimum atomic E-state index is -0.0279. The number of hydrogen-bond acceptors (Lipinski definition) is 2. The van der Waals surface area contributed by atoms with Crippen LogP contribution in [0.15, 0.2) is 66.7 Å². The van der Waals surface area contributed by atoms with Gasteiger partial charge in [0, 0.05) is 5.39 Å². The summed E-state index contributed by atoms with van der Waals surface area (Å²) in [5.74, 6) is 6.66. The maximum atomic E-state index is 11.9. The Balaban J connectivity index is 1.45. The van der Waals surface area contributed by atoms with Crippen LogP contribution in [0, 0.1) is 18.8 Å². The Labute approximate surface area is 154 Å². The van der Waals surface area contributed by atoms with E-state index in [1.165, 1.54) is 0 Å². The van der Waals surface area contributed by atoms with Gasteiger partial charge in [-0.2, -0.15) is 0 Å². The molecule has 0 atom stereocenters. The van der Waals surface area contributed by atoms with Crippen molar-refractivity contribution >= 4 is 16.7 Å². The van der Waals surface area contributed by atoms with Crippen LogP contribution in [0.25, 0.3) is 10.8 Å². The number of fused-ring (bicyclic) bond motifs is 1. The molecule has 0 aromatic heterocycles. The first kappa shape index (κ1) is 17.6. The van der Waals surface area contributed by atoms with Gasteiger partial charge in [0.25, 0.3) is 0 Å². The molecule has 0 saturated heterocycles. The molecular formula is C23H21NO2. The topological polar surface area (TPSA) is 38.3 Å². The Morgan fingerprint density at radius 1 is 1.00 bits per heavy atom. The SMILES string of the molecule is Cc1cccc(CC(=O)NCC#CCOc2cccc3ccccc23)c1. The third-order valence-electron chi connectivity index (χ3n) is 4.00. The summed E-state index contributed by atoms with van der Waals surface area (Å²) < 4.78 is 5.75. The summed E-state index contributed by atoms with van der Waals surface area (Å²) in [4.78, 5) is 11.9. The molecule has 0 fully saturated rings. The molecule has 0 spiro atoms. The second kappa shape index (κ2) is 8.73. The average molecular weight is 343 g/mol. The van der Waals surface area contributed by atoms with Gasteiger partial charge in [-0.1, -0.05) is 78.1 Å². The Morgan fingerprint density at radius 3 is 2.69 bits per heavy atom. The second-order valence-electron chi connectivity index (χ2n) is 6.06. The van der Waals surface area contributed by atoms with Gasteiger partial charge < -0.3 is 10.1 Å². The number of aryl methyl sites for hydroxylation is 1. The van der Waals surface area contributed by atoms with Gasteiger partial charge in [0.05, 0.1) is 13.0 Å². The zero-order chi connectivity index (χ0) is 18.2. The minimum absolute atomic E-state index is 0.0279. The number of ether oxygens (including phenoxy) is 1.